The summed E-state index contributed by atoms with van der Waals surface area (Å²) < 4.78 is 0. The van der Waals surface area contributed by atoms with Gasteiger partial charge in [0.2, 0.25) is 0 Å². The van der Waals surface area contributed by atoms with E-state index in [2.05, 4.69) is 13.5 Å². The molecule has 2 atom stereocenters. The van der Waals surface area contributed by atoms with Crippen LogP contribution in [0.2, 0.25) is 0 Å². The van der Waals surface area contributed by atoms with Crippen molar-refractivity contribution in [2.45, 2.75) is 57.5 Å². The van der Waals surface area contributed by atoms with E-state index in [0.29, 0.717) is 5.92 Å². The maximum atomic E-state index is 8.96. The first-order valence-corrected chi connectivity index (χ1v) is 5.70. The SMILES string of the molecule is C=CCCC1CCCC(CC)(OO)C1. The Hall–Kier alpha value is -0.340. The van der Waals surface area contributed by atoms with Crippen LogP contribution in [0, 0.1) is 5.92 Å². The first kappa shape index (κ1) is 11.7. The fraction of sp³-hybridized carbons (Fsp3) is 0.833. The summed E-state index contributed by atoms with van der Waals surface area (Å²) in [5, 5.41) is 8.96. The van der Waals surface area contributed by atoms with Crippen molar-refractivity contribution in [1.82, 2.24) is 0 Å². The minimum Gasteiger partial charge on any atom is -0.251 e. The van der Waals surface area contributed by atoms with Crippen LogP contribution in [0.3, 0.4) is 0 Å². The highest BCUT2D eigenvalue weighted by Crippen LogP contribution is 2.38. The van der Waals surface area contributed by atoms with E-state index in [1.165, 1.54) is 19.3 Å². The van der Waals surface area contributed by atoms with Gasteiger partial charge < -0.3 is 0 Å². The van der Waals surface area contributed by atoms with Crippen LogP contribution >= 0.6 is 0 Å². The molecule has 1 saturated carbocycles. The standard InChI is InChI=1S/C12H22O2/c1-3-5-7-11-8-6-9-12(4-2,10-11)14-13/h3,11,13H,1,4-10H2,2H3. The van der Waals surface area contributed by atoms with Gasteiger partial charge in [-0.3, -0.25) is 5.26 Å². The van der Waals surface area contributed by atoms with Crippen molar-refractivity contribution in [2.24, 2.45) is 5.92 Å². The first-order valence-electron chi connectivity index (χ1n) is 5.70. The molecule has 0 heterocycles. The van der Waals surface area contributed by atoms with Crippen molar-refractivity contribution in [1.29, 1.82) is 0 Å². The highest BCUT2D eigenvalue weighted by molar-refractivity contribution is 4.87. The van der Waals surface area contributed by atoms with Gasteiger partial charge in [0.1, 0.15) is 5.60 Å². The third-order valence-electron chi connectivity index (χ3n) is 3.52. The van der Waals surface area contributed by atoms with Crippen LogP contribution in [0.25, 0.3) is 0 Å². The molecular formula is C12H22O2. The van der Waals surface area contributed by atoms with E-state index < -0.39 is 0 Å². The van der Waals surface area contributed by atoms with E-state index in [1.807, 2.05) is 6.08 Å². The van der Waals surface area contributed by atoms with Crippen LogP contribution in [0.5, 0.6) is 0 Å². The number of hydrogen-bond acceptors (Lipinski definition) is 2. The topological polar surface area (TPSA) is 29.5 Å². The summed E-state index contributed by atoms with van der Waals surface area (Å²) in [6, 6.07) is 0. The Bertz CT molecular complexity index is 173. The lowest BCUT2D eigenvalue weighted by Crippen LogP contribution is -2.36. The van der Waals surface area contributed by atoms with Crippen molar-refractivity contribution in [3.8, 4) is 0 Å². The Morgan fingerprint density at radius 1 is 1.64 bits per heavy atom. The molecule has 2 unspecified atom stereocenters. The second kappa shape index (κ2) is 5.52. The smallest absolute Gasteiger partial charge is 0.103 e. The molecule has 0 bridgehead atoms. The van der Waals surface area contributed by atoms with Crippen molar-refractivity contribution in [3.63, 3.8) is 0 Å². The van der Waals surface area contributed by atoms with Crippen LogP contribution in [0.15, 0.2) is 12.7 Å². The molecule has 2 heteroatoms. The van der Waals surface area contributed by atoms with Gasteiger partial charge in [-0.25, -0.2) is 4.89 Å². The van der Waals surface area contributed by atoms with Gasteiger partial charge in [-0.05, 0) is 38.0 Å². The van der Waals surface area contributed by atoms with Crippen LogP contribution < -0.4 is 0 Å². The number of allylic oxidation sites excluding steroid dienone is 1. The zero-order chi connectivity index (χ0) is 10.4. The molecule has 1 N–H and O–H groups in total. The Labute approximate surface area is 86.9 Å². The summed E-state index contributed by atoms with van der Waals surface area (Å²) in [5.41, 5.74) is -0.246. The van der Waals surface area contributed by atoms with E-state index in [0.717, 1.165) is 25.7 Å². The third kappa shape index (κ3) is 2.82. The average Bonchev–Trinajstić information content (AvgIpc) is 2.26. The molecule has 1 aliphatic carbocycles. The lowest BCUT2D eigenvalue weighted by Gasteiger charge is -2.37. The molecule has 1 fully saturated rings. The maximum Gasteiger partial charge on any atom is 0.103 e. The molecule has 0 radical (unpaired) electrons. The van der Waals surface area contributed by atoms with E-state index >= 15 is 0 Å². The summed E-state index contributed by atoms with van der Waals surface area (Å²) in [4.78, 5) is 4.71. The summed E-state index contributed by atoms with van der Waals surface area (Å²) in [6.07, 6.45) is 9.62. The molecule has 14 heavy (non-hydrogen) atoms. The second-order valence-electron chi connectivity index (χ2n) is 4.46. The molecule has 0 amide bonds. The molecule has 1 aliphatic rings. The molecular weight excluding hydrogens is 176 g/mol. The predicted molar refractivity (Wildman–Crippen MR) is 58.1 cm³/mol. The van der Waals surface area contributed by atoms with E-state index in [1.54, 1.807) is 0 Å². The molecule has 1 rings (SSSR count). The lowest BCUT2D eigenvalue weighted by molar-refractivity contribution is -0.334. The van der Waals surface area contributed by atoms with Crippen molar-refractivity contribution < 1.29 is 10.1 Å². The molecule has 0 spiro atoms. The highest BCUT2D eigenvalue weighted by atomic mass is 17.1. The molecule has 0 saturated heterocycles. The van der Waals surface area contributed by atoms with Gasteiger partial charge in [0.05, 0.1) is 0 Å². The van der Waals surface area contributed by atoms with Crippen LogP contribution in [0.4, 0.5) is 0 Å². The van der Waals surface area contributed by atoms with Crippen molar-refractivity contribution in [2.75, 3.05) is 0 Å². The third-order valence-corrected chi connectivity index (χ3v) is 3.52. The molecule has 0 aromatic rings. The minimum atomic E-state index is -0.246. The quantitative estimate of drug-likeness (QED) is 0.414. The lowest BCUT2D eigenvalue weighted by atomic mass is 9.75. The molecule has 82 valence electrons. The summed E-state index contributed by atoms with van der Waals surface area (Å²) in [6.45, 7) is 5.83. The summed E-state index contributed by atoms with van der Waals surface area (Å²) in [5.74, 6) is 0.703. The Morgan fingerprint density at radius 2 is 2.43 bits per heavy atom. The van der Waals surface area contributed by atoms with Gasteiger partial charge in [-0.1, -0.05) is 25.8 Å². The van der Waals surface area contributed by atoms with E-state index in [-0.39, 0.29) is 5.60 Å². The van der Waals surface area contributed by atoms with Crippen LogP contribution in [0.1, 0.15) is 51.9 Å². The minimum absolute atomic E-state index is 0.246. The molecule has 0 aromatic heterocycles. The fourth-order valence-corrected chi connectivity index (χ4v) is 2.51. The number of rotatable bonds is 5. The number of hydrogen-bond donors (Lipinski definition) is 1. The largest absolute Gasteiger partial charge is 0.251 e. The average molecular weight is 198 g/mol. The predicted octanol–water partition coefficient (Wildman–Crippen LogP) is 3.78. The fourth-order valence-electron chi connectivity index (χ4n) is 2.51. The monoisotopic (exact) mass is 198 g/mol. The molecule has 2 nitrogen and oxygen atoms in total. The second-order valence-corrected chi connectivity index (χ2v) is 4.46. The molecule has 0 aromatic carbocycles. The Kier molecular flexibility index (Phi) is 4.63. The Balaban J connectivity index is 2.45. The van der Waals surface area contributed by atoms with Gasteiger partial charge in [-0.2, -0.15) is 0 Å². The Morgan fingerprint density at radius 3 is 3.00 bits per heavy atom. The highest BCUT2D eigenvalue weighted by Gasteiger charge is 2.35. The van der Waals surface area contributed by atoms with Crippen molar-refractivity contribution >= 4 is 0 Å². The van der Waals surface area contributed by atoms with Gasteiger partial charge >= 0.3 is 0 Å². The van der Waals surface area contributed by atoms with Gasteiger partial charge in [0.25, 0.3) is 0 Å². The maximum absolute atomic E-state index is 8.96. The zero-order valence-corrected chi connectivity index (χ0v) is 9.17. The van der Waals surface area contributed by atoms with Crippen LogP contribution in [-0.4, -0.2) is 10.9 Å². The van der Waals surface area contributed by atoms with Crippen molar-refractivity contribution in [3.05, 3.63) is 12.7 Å². The van der Waals surface area contributed by atoms with Gasteiger partial charge in [0, 0.05) is 0 Å². The summed E-state index contributed by atoms with van der Waals surface area (Å²) >= 11 is 0. The zero-order valence-electron chi connectivity index (χ0n) is 9.17. The van der Waals surface area contributed by atoms with Gasteiger partial charge in [0.15, 0.2) is 0 Å². The normalized spacial score (nSPS) is 32.9. The van der Waals surface area contributed by atoms with Crippen LogP contribution in [-0.2, 0) is 4.89 Å². The summed E-state index contributed by atoms with van der Waals surface area (Å²) in [7, 11) is 0. The molecule has 0 aliphatic heterocycles. The van der Waals surface area contributed by atoms with E-state index in [4.69, 9.17) is 10.1 Å². The van der Waals surface area contributed by atoms with Gasteiger partial charge in [-0.15, -0.1) is 6.58 Å². The van der Waals surface area contributed by atoms with E-state index in [9.17, 15) is 0 Å². The first-order chi connectivity index (χ1) is 6.76.